The standard InChI is InChI=1S/C19H25BrN2O3S/c1-14-4-2-3-5-18(14)21-19(23)15-10-12-22(13-11-15)26(24,25)17-8-6-16(20)7-9-17/h6-10,14,18H,2-5,11-13H2,1H3,(H,21,23)/t14-,18+/m0/s1. The van der Waals surface area contributed by atoms with Crippen molar-refractivity contribution in [1.82, 2.24) is 9.62 Å². The van der Waals surface area contributed by atoms with Crippen molar-refractivity contribution in [3.05, 3.63) is 40.4 Å². The maximum absolute atomic E-state index is 12.7. The number of rotatable bonds is 4. The molecule has 1 saturated carbocycles. The quantitative estimate of drug-likeness (QED) is 0.778. The number of sulfonamides is 1. The summed E-state index contributed by atoms with van der Waals surface area (Å²) in [6, 6.07) is 6.86. The molecular formula is C19H25BrN2O3S. The summed E-state index contributed by atoms with van der Waals surface area (Å²) in [7, 11) is -3.53. The average Bonchev–Trinajstić information content (AvgIpc) is 2.64. The second-order valence-corrected chi connectivity index (χ2v) is 9.99. The van der Waals surface area contributed by atoms with Crippen LogP contribution in [0.4, 0.5) is 0 Å². The van der Waals surface area contributed by atoms with Gasteiger partial charge < -0.3 is 5.32 Å². The van der Waals surface area contributed by atoms with Crippen LogP contribution >= 0.6 is 15.9 Å². The highest BCUT2D eigenvalue weighted by Gasteiger charge is 2.29. The predicted octanol–water partition coefficient (Wildman–Crippen LogP) is 3.46. The highest BCUT2D eigenvalue weighted by Crippen LogP contribution is 2.25. The molecule has 0 bridgehead atoms. The first-order valence-electron chi connectivity index (χ1n) is 9.13. The monoisotopic (exact) mass is 440 g/mol. The van der Waals surface area contributed by atoms with E-state index in [4.69, 9.17) is 0 Å². The van der Waals surface area contributed by atoms with Gasteiger partial charge in [0, 0.05) is 29.2 Å². The van der Waals surface area contributed by atoms with Crippen LogP contribution in [0, 0.1) is 5.92 Å². The van der Waals surface area contributed by atoms with Crippen LogP contribution in [0.1, 0.15) is 39.0 Å². The predicted molar refractivity (Wildman–Crippen MR) is 105 cm³/mol. The fourth-order valence-electron chi connectivity index (χ4n) is 3.62. The Balaban J connectivity index is 1.64. The summed E-state index contributed by atoms with van der Waals surface area (Å²) >= 11 is 3.31. The Morgan fingerprint density at radius 2 is 1.88 bits per heavy atom. The summed E-state index contributed by atoms with van der Waals surface area (Å²) < 4.78 is 27.7. The third kappa shape index (κ3) is 4.38. The average molecular weight is 441 g/mol. The summed E-state index contributed by atoms with van der Waals surface area (Å²) in [5, 5.41) is 3.15. The van der Waals surface area contributed by atoms with E-state index in [0.29, 0.717) is 24.5 Å². The second kappa shape index (κ2) is 8.23. The number of nitrogens with zero attached hydrogens (tertiary/aromatic N) is 1. The first-order valence-corrected chi connectivity index (χ1v) is 11.4. The topological polar surface area (TPSA) is 66.5 Å². The van der Waals surface area contributed by atoms with Gasteiger partial charge in [0.1, 0.15) is 0 Å². The number of amides is 1. The number of nitrogens with one attached hydrogen (secondary N) is 1. The fraction of sp³-hybridized carbons (Fsp3) is 0.526. The minimum absolute atomic E-state index is 0.0376. The molecule has 1 aliphatic carbocycles. The molecule has 0 aromatic heterocycles. The molecule has 2 atom stereocenters. The van der Waals surface area contributed by atoms with Crippen molar-refractivity contribution in [3.63, 3.8) is 0 Å². The van der Waals surface area contributed by atoms with Gasteiger partial charge in [-0.1, -0.05) is 41.8 Å². The van der Waals surface area contributed by atoms with Gasteiger partial charge in [0.2, 0.25) is 15.9 Å². The van der Waals surface area contributed by atoms with Gasteiger partial charge in [-0.25, -0.2) is 8.42 Å². The third-order valence-electron chi connectivity index (χ3n) is 5.34. The van der Waals surface area contributed by atoms with E-state index in [1.807, 2.05) is 0 Å². The minimum atomic E-state index is -3.53. The van der Waals surface area contributed by atoms with Crippen molar-refractivity contribution in [2.45, 2.75) is 50.0 Å². The molecule has 7 heteroatoms. The van der Waals surface area contributed by atoms with Crippen molar-refractivity contribution in [1.29, 1.82) is 0 Å². The molecule has 1 aliphatic heterocycles. The Labute approximate surface area is 164 Å². The molecule has 5 nitrogen and oxygen atoms in total. The number of carbonyl (C=O) groups is 1. The van der Waals surface area contributed by atoms with E-state index in [1.165, 1.54) is 10.7 Å². The molecule has 0 unspecified atom stereocenters. The fourth-order valence-corrected chi connectivity index (χ4v) is 5.27. The van der Waals surface area contributed by atoms with E-state index in [-0.39, 0.29) is 23.4 Å². The van der Waals surface area contributed by atoms with Gasteiger partial charge in [0.05, 0.1) is 4.90 Å². The number of hydrogen-bond donors (Lipinski definition) is 1. The lowest BCUT2D eigenvalue weighted by molar-refractivity contribution is -0.119. The van der Waals surface area contributed by atoms with Crippen LogP contribution in [0.5, 0.6) is 0 Å². The summed E-state index contributed by atoms with van der Waals surface area (Å²) in [6.45, 7) is 2.76. The summed E-state index contributed by atoms with van der Waals surface area (Å²) in [6.07, 6.45) is 6.78. The number of halogens is 1. The zero-order valence-electron chi connectivity index (χ0n) is 14.9. The molecule has 1 fully saturated rings. The number of benzene rings is 1. The molecule has 1 N–H and O–H groups in total. The van der Waals surface area contributed by atoms with Gasteiger partial charge in [-0.15, -0.1) is 0 Å². The SMILES string of the molecule is C[C@H]1CCCC[C@H]1NC(=O)C1=CCN(S(=O)(=O)c2ccc(Br)cc2)CC1. The van der Waals surface area contributed by atoms with Crippen molar-refractivity contribution in [2.24, 2.45) is 5.92 Å². The van der Waals surface area contributed by atoms with Gasteiger partial charge in [-0.2, -0.15) is 4.31 Å². The van der Waals surface area contributed by atoms with Crippen LogP contribution in [0.3, 0.4) is 0 Å². The zero-order chi connectivity index (χ0) is 18.7. The molecule has 0 radical (unpaired) electrons. The smallest absolute Gasteiger partial charge is 0.247 e. The first kappa shape index (κ1) is 19.6. The molecule has 2 aliphatic rings. The maximum Gasteiger partial charge on any atom is 0.247 e. The van der Waals surface area contributed by atoms with Gasteiger partial charge in [0.25, 0.3) is 0 Å². The van der Waals surface area contributed by atoms with Crippen LogP contribution in [0.2, 0.25) is 0 Å². The van der Waals surface area contributed by atoms with E-state index in [2.05, 4.69) is 28.2 Å². The summed E-state index contributed by atoms with van der Waals surface area (Å²) in [4.78, 5) is 12.8. The van der Waals surface area contributed by atoms with Crippen molar-refractivity contribution < 1.29 is 13.2 Å². The van der Waals surface area contributed by atoms with Crippen LogP contribution < -0.4 is 5.32 Å². The Bertz CT molecular complexity index is 790. The summed E-state index contributed by atoms with van der Waals surface area (Å²) in [5.74, 6) is 0.468. The van der Waals surface area contributed by atoms with Gasteiger partial charge >= 0.3 is 0 Å². The molecule has 0 spiro atoms. The van der Waals surface area contributed by atoms with Crippen LogP contribution in [-0.4, -0.2) is 37.8 Å². The van der Waals surface area contributed by atoms with Crippen molar-refractivity contribution in [2.75, 3.05) is 13.1 Å². The molecule has 1 aromatic rings. The molecule has 142 valence electrons. The highest BCUT2D eigenvalue weighted by molar-refractivity contribution is 9.10. The Kier molecular flexibility index (Phi) is 6.20. The largest absolute Gasteiger partial charge is 0.349 e. The molecular weight excluding hydrogens is 416 g/mol. The van der Waals surface area contributed by atoms with E-state index in [0.717, 1.165) is 23.7 Å². The zero-order valence-corrected chi connectivity index (χ0v) is 17.4. The second-order valence-electron chi connectivity index (χ2n) is 7.14. The van der Waals surface area contributed by atoms with E-state index in [1.54, 1.807) is 30.3 Å². The van der Waals surface area contributed by atoms with Gasteiger partial charge in [-0.3, -0.25) is 4.79 Å². The maximum atomic E-state index is 12.7. The Hall–Kier alpha value is -1.18. The van der Waals surface area contributed by atoms with Gasteiger partial charge in [0.15, 0.2) is 0 Å². The highest BCUT2D eigenvalue weighted by atomic mass is 79.9. The van der Waals surface area contributed by atoms with Crippen molar-refractivity contribution >= 4 is 31.9 Å². The van der Waals surface area contributed by atoms with E-state index >= 15 is 0 Å². The molecule has 1 aromatic carbocycles. The van der Waals surface area contributed by atoms with Crippen LogP contribution in [-0.2, 0) is 14.8 Å². The summed E-state index contributed by atoms with van der Waals surface area (Å²) in [5.41, 5.74) is 0.699. The van der Waals surface area contributed by atoms with Crippen LogP contribution in [0.15, 0.2) is 45.3 Å². The normalized spacial score (nSPS) is 24.8. The Morgan fingerprint density at radius 3 is 2.50 bits per heavy atom. The lowest BCUT2D eigenvalue weighted by Gasteiger charge is -2.31. The lowest BCUT2D eigenvalue weighted by atomic mass is 9.85. The van der Waals surface area contributed by atoms with Crippen molar-refractivity contribution in [3.8, 4) is 0 Å². The third-order valence-corrected chi connectivity index (χ3v) is 7.75. The molecule has 0 saturated heterocycles. The van der Waals surface area contributed by atoms with Gasteiger partial charge in [-0.05, 0) is 49.4 Å². The molecule has 1 amide bonds. The lowest BCUT2D eigenvalue weighted by Crippen LogP contribution is -2.43. The molecule has 26 heavy (non-hydrogen) atoms. The number of carbonyl (C=O) groups excluding carboxylic acids is 1. The van der Waals surface area contributed by atoms with E-state index < -0.39 is 10.0 Å². The minimum Gasteiger partial charge on any atom is -0.349 e. The van der Waals surface area contributed by atoms with Crippen LogP contribution in [0.25, 0.3) is 0 Å². The van der Waals surface area contributed by atoms with E-state index in [9.17, 15) is 13.2 Å². The number of hydrogen-bond acceptors (Lipinski definition) is 3. The molecule has 3 rings (SSSR count). The molecule has 1 heterocycles. The first-order chi connectivity index (χ1) is 12.4. The Morgan fingerprint density at radius 1 is 1.19 bits per heavy atom.